The summed E-state index contributed by atoms with van der Waals surface area (Å²) in [6, 6.07) is 17.2. The van der Waals surface area contributed by atoms with Crippen LogP contribution in [0, 0.1) is 6.92 Å². The predicted octanol–water partition coefficient (Wildman–Crippen LogP) is 3.13. The van der Waals surface area contributed by atoms with Gasteiger partial charge in [-0.15, -0.1) is 0 Å². The summed E-state index contributed by atoms with van der Waals surface area (Å²) in [7, 11) is 1.80. The quantitative estimate of drug-likeness (QED) is 0.831. The molecule has 0 fully saturated rings. The Morgan fingerprint density at radius 2 is 1.80 bits per heavy atom. The SMILES string of the molecule is CN=C1NCC(c2ccc(C)cc2)c2ccccc2N1. The van der Waals surface area contributed by atoms with Gasteiger partial charge in [0.25, 0.3) is 0 Å². The zero-order valence-electron chi connectivity index (χ0n) is 11.9. The van der Waals surface area contributed by atoms with Crippen molar-refractivity contribution in [1.29, 1.82) is 0 Å². The molecule has 3 heteroatoms. The van der Waals surface area contributed by atoms with Gasteiger partial charge >= 0.3 is 0 Å². The molecule has 3 rings (SSSR count). The van der Waals surface area contributed by atoms with E-state index in [0.717, 1.165) is 18.2 Å². The predicted molar refractivity (Wildman–Crippen MR) is 84.4 cm³/mol. The van der Waals surface area contributed by atoms with E-state index in [9.17, 15) is 0 Å². The van der Waals surface area contributed by atoms with Gasteiger partial charge in [-0.05, 0) is 24.1 Å². The van der Waals surface area contributed by atoms with E-state index in [1.165, 1.54) is 16.7 Å². The molecule has 0 spiro atoms. The molecule has 102 valence electrons. The summed E-state index contributed by atoms with van der Waals surface area (Å²) in [5.74, 6) is 1.16. The molecule has 0 saturated heterocycles. The molecular formula is C17H19N3. The Morgan fingerprint density at radius 3 is 2.55 bits per heavy atom. The van der Waals surface area contributed by atoms with E-state index in [2.05, 4.69) is 71.1 Å². The monoisotopic (exact) mass is 265 g/mol. The molecule has 0 aliphatic carbocycles. The van der Waals surface area contributed by atoms with Crippen LogP contribution in [0.15, 0.2) is 53.5 Å². The highest BCUT2D eigenvalue weighted by atomic mass is 15.2. The Balaban J connectivity index is 2.05. The van der Waals surface area contributed by atoms with Gasteiger partial charge in [-0.1, -0.05) is 48.0 Å². The smallest absolute Gasteiger partial charge is 0.195 e. The Bertz CT molecular complexity index is 629. The van der Waals surface area contributed by atoms with Gasteiger partial charge in [-0.2, -0.15) is 0 Å². The number of benzene rings is 2. The van der Waals surface area contributed by atoms with Crippen LogP contribution in [0.5, 0.6) is 0 Å². The fourth-order valence-corrected chi connectivity index (χ4v) is 2.63. The molecule has 1 aliphatic rings. The molecule has 1 aliphatic heterocycles. The van der Waals surface area contributed by atoms with E-state index in [0.29, 0.717) is 5.92 Å². The van der Waals surface area contributed by atoms with Gasteiger partial charge in [0.15, 0.2) is 5.96 Å². The number of rotatable bonds is 1. The average Bonchev–Trinajstić information content (AvgIpc) is 2.67. The zero-order chi connectivity index (χ0) is 13.9. The normalized spacial score (nSPS) is 19.7. The first-order valence-corrected chi connectivity index (χ1v) is 6.91. The second-order valence-corrected chi connectivity index (χ2v) is 5.13. The summed E-state index contributed by atoms with van der Waals surface area (Å²) in [5, 5.41) is 6.74. The fraction of sp³-hybridized carbons (Fsp3) is 0.235. The molecule has 2 aromatic carbocycles. The van der Waals surface area contributed by atoms with E-state index in [1.54, 1.807) is 7.05 Å². The van der Waals surface area contributed by atoms with Gasteiger partial charge in [-0.25, -0.2) is 0 Å². The van der Waals surface area contributed by atoms with Crippen LogP contribution in [0.1, 0.15) is 22.6 Å². The number of nitrogens with one attached hydrogen (secondary N) is 2. The van der Waals surface area contributed by atoms with Crippen molar-refractivity contribution in [3.63, 3.8) is 0 Å². The Morgan fingerprint density at radius 1 is 1.05 bits per heavy atom. The van der Waals surface area contributed by atoms with Crippen molar-refractivity contribution in [3.8, 4) is 0 Å². The molecule has 0 saturated carbocycles. The molecule has 0 bridgehead atoms. The lowest BCUT2D eigenvalue weighted by atomic mass is 9.90. The van der Waals surface area contributed by atoms with Crippen LogP contribution in [0.2, 0.25) is 0 Å². The average molecular weight is 265 g/mol. The van der Waals surface area contributed by atoms with Crippen molar-refractivity contribution in [3.05, 3.63) is 65.2 Å². The van der Waals surface area contributed by atoms with Gasteiger partial charge in [0, 0.05) is 25.2 Å². The van der Waals surface area contributed by atoms with E-state index in [1.807, 2.05) is 0 Å². The molecule has 1 heterocycles. The summed E-state index contributed by atoms with van der Waals surface area (Å²) in [5.41, 5.74) is 5.05. The lowest BCUT2D eigenvalue weighted by Crippen LogP contribution is -2.31. The summed E-state index contributed by atoms with van der Waals surface area (Å²) in [4.78, 5) is 4.24. The molecule has 2 N–H and O–H groups in total. The summed E-state index contributed by atoms with van der Waals surface area (Å²) in [6.45, 7) is 2.96. The molecule has 0 amide bonds. The van der Waals surface area contributed by atoms with Crippen molar-refractivity contribution < 1.29 is 0 Å². The van der Waals surface area contributed by atoms with Crippen LogP contribution in [-0.4, -0.2) is 19.6 Å². The number of aliphatic imine (C=N–C) groups is 1. The Kier molecular flexibility index (Phi) is 3.42. The molecule has 3 nitrogen and oxygen atoms in total. The molecular weight excluding hydrogens is 246 g/mol. The minimum Gasteiger partial charge on any atom is -0.355 e. The summed E-state index contributed by atoms with van der Waals surface area (Å²) < 4.78 is 0. The van der Waals surface area contributed by atoms with E-state index in [-0.39, 0.29) is 0 Å². The first-order chi connectivity index (χ1) is 9.78. The third kappa shape index (κ3) is 2.39. The van der Waals surface area contributed by atoms with Crippen LogP contribution in [0.25, 0.3) is 0 Å². The highest BCUT2D eigenvalue weighted by Gasteiger charge is 2.21. The van der Waals surface area contributed by atoms with E-state index >= 15 is 0 Å². The summed E-state index contributed by atoms with van der Waals surface area (Å²) >= 11 is 0. The van der Waals surface area contributed by atoms with E-state index in [4.69, 9.17) is 0 Å². The lowest BCUT2D eigenvalue weighted by molar-refractivity contribution is 0.767. The standard InChI is InChI=1S/C17H19N3/c1-12-7-9-13(10-8-12)15-11-19-17(18-2)20-16-6-4-3-5-14(15)16/h3-10,15H,11H2,1-2H3,(H2,18,19,20). The molecule has 2 aromatic rings. The topological polar surface area (TPSA) is 36.4 Å². The number of hydrogen-bond acceptors (Lipinski definition) is 1. The van der Waals surface area contributed by atoms with Gasteiger partial charge in [0.2, 0.25) is 0 Å². The number of aryl methyl sites for hydroxylation is 1. The number of fused-ring (bicyclic) bond motifs is 1. The maximum Gasteiger partial charge on any atom is 0.195 e. The Hall–Kier alpha value is -2.29. The number of hydrogen-bond donors (Lipinski definition) is 2. The van der Waals surface area contributed by atoms with Gasteiger partial charge in [-0.3, -0.25) is 4.99 Å². The first kappa shape index (κ1) is 12.7. The third-order valence-corrected chi connectivity index (χ3v) is 3.77. The van der Waals surface area contributed by atoms with Crippen molar-refractivity contribution >= 4 is 11.6 Å². The number of para-hydroxylation sites is 1. The molecule has 1 unspecified atom stereocenters. The van der Waals surface area contributed by atoms with Gasteiger partial charge < -0.3 is 10.6 Å². The number of anilines is 1. The molecule has 0 aromatic heterocycles. The van der Waals surface area contributed by atoms with Gasteiger partial charge in [0.1, 0.15) is 0 Å². The minimum absolute atomic E-state index is 0.332. The summed E-state index contributed by atoms with van der Waals surface area (Å²) in [6.07, 6.45) is 0. The highest BCUT2D eigenvalue weighted by Crippen LogP contribution is 2.31. The minimum atomic E-state index is 0.332. The zero-order valence-corrected chi connectivity index (χ0v) is 11.9. The van der Waals surface area contributed by atoms with Crippen molar-refractivity contribution in [2.75, 3.05) is 18.9 Å². The second-order valence-electron chi connectivity index (χ2n) is 5.13. The first-order valence-electron chi connectivity index (χ1n) is 6.91. The van der Waals surface area contributed by atoms with Crippen LogP contribution < -0.4 is 10.6 Å². The maximum absolute atomic E-state index is 4.24. The molecule has 20 heavy (non-hydrogen) atoms. The van der Waals surface area contributed by atoms with Crippen molar-refractivity contribution in [2.24, 2.45) is 4.99 Å². The van der Waals surface area contributed by atoms with Gasteiger partial charge in [0.05, 0.1) is 0 Å². The van der Waals surface area contributed by atoms with Crippen LogP contribution in [0.3, 0.4) is 0 Å². The van der Waals surface area contributed by atoms with Crippen molar-refractivity contribution in [1.82, 2.24) is 5.32 Å². The van der Waals surface area contributed by atoms with Crippen LogP contribution in [0.4, 0.5) is 5.69 Å². The maximum atomic E-state index is 4.24. The second kappa shape index (κ2) is 5.37. The molecule has 1 atom stereocenters. The van der Waals surface area contributed by atoms with Crippen LogP contribution in [-0.2, 0) is 0 Å². The fourth-order valence-electron chi connectivity index (χ4n) is 2.63. The Labute approximate surface area is 119 Å². The molecule has 0 radical (unpaired) electrons. The number of guanidine groups is 1. The van der Waals surface area contributed by atoms with Crippen LogP contribution >= 0.6 is 0 Å². The van der Waals surface area contributed by atoms with E-state index < -0.39 is 0 Å². The number of nitrogens with zero attached hydrogens (tertiary/aromatic N) is 1. The highest BCUT2D eigenvalue weighted by molar-refractivity contribution is 5.95. The largest absolute Gasteiger partial charge is 0.355 e. The lowest BCUT2D eigenvalue weighted by Gasteiger charge is -2.17. The van der Waals surface area contributed by atoms with Crippen molar-refractivity contribution in [2.45, 2.75) is 12.8 Å². The third-order valence-electron chi connectivity index (χ3n) is 3.77.